The van der Waals surface area contributed by atoms with E-state index in [0.717, 1.165) is 44.4 Å². The molecule has 1 aromatic carbocycles. The van der Waals surface area contributed by atoms with Gasteiger partial charge >= 0.3 is 0 Å². The van der Waals surface area contributed by atoms with Crippen molar-refractivity contribution in [2.24, 2.45) is 4.99 Å². The summed E-state index contributed by atoms with van der Waals surface area (Å²) in [6.07, 6.45) is 0. The summed E-state index contributed by atoms with van der Waals surface area (Å²) >= 11 is 0. The highest BCUT2D eigenvalue weighted by Crippen LogP contribution is 2.11. The molecule has 2 N–H and O–H groups in total. The summed E-state index contributed by atoms with van der Waals surface area (Å²) < 4.78 is 19.2. The molecule has 26 heavy (non-hydrogen) atoms. The van der Waals surface area contributed by atoms with Gasteiger partial charge in [-0.1, -0.05) is 12.1 Å². The van der Waals surface area contributed by atoms with Gasteiger partial charge in [0.1, 0.15) is 5.82 Å². The van der Waals surface area contributed by atoms with Crippen LogP contribution in [0.1, 0.15) is 31.9 Å². The molecule has 2 rings (SSSR count). The van der Waals surface area contributed by atoms with E-state index in [0.29, 0.717) is 24.2 Å². The molecule has 0 spiro atoms. The summed E-state index contributed by atoms with van der Waals surface area (Å²) in [6, 6.07) is 6.09. The lowest BCUT2D eigenvalue weighted by molar-refractivity contribution is -0.0174. The molecule has 1 aromatic rings. The quantitative estimate of drug-likeness (QED) is 0.375. The van der Waals surface area contributed by atoms with Gasteiger partial charge in [-0.15, -0.1) is 24.0 Å². The van der Waals surface area contributed by atoms with Crippen molar-refractivity contribution >= 4 is 29.9 Å². The van der Waals surface area contributed by atoms with E-state index in [1.165, 1.54) is 0 Å². The van der Waals surface area contributed by atoms with Crippen molar-refractivity contribution in [1.29, 1.82) is 0 Å². The van der Waals surface area contributed by atoms with Gasteiger partial charge in [-0.3, -0.25) is 4.90 Å². The highest BCUT2D eigenvalue weighted by Gasteiger charge is 2.23. The fraction of sp³-hybridized carbons (Fsp3) is 0.632. The summed E-state index contributed by atoms with van der Waals surface area (Å²) in [5, 5.41) is 6.65. The van der Waals surface area contributed by atoms with Crippen molar-refractivity contribution in [3.63, 3.8) is 0 Å². The third-order valence-corrected chi connectivity index (χ3v) is 4.55. The van der Waals surface area contributed by atoms with Gasteiger partial charge in [0.2, 0.25) is 0 Å². The van der Waals surface area contributed by atoms with Gasteiger partial charge in [0.15, 0.2) is 5.96 Å². The number of morpholine rings is 1. The molecule has 1 saturated heterocycles. The Kier molecular flexibility index (Phi) is 10.4. The second-order valence-corrected chi connectivity index (χ2v) is 6.67. The first-order valence-electron chi connectivity index (χ1n) is 9.12. The number of guanidine groups is 1. The molecule has 7 heteroatoms. The summed E-state index contributed by atoms with van der Waals surface area (Å²) in [7, 11) is 0. The van der Waals surface area contributed by atoms with Crippen molar-refractivity contribution in [1.82, 2.24) is 15.5 Å². The van der Waals surface area contributed by atoms with Crippen LogP contribution < -0.4 is 10.6 Å². The fourth-order valence-electron chi connectivity index (χ4n) is 3.00. The van der Waals surface area contributed by atoms with Crippen molar-refractivity contribution in [2.75, 3.05) is 32.8 Å². The number of rotatable bonds is 6. The Hall–Kier alpha value is -0.930. The van der Waals surface area contributed by atoms with Crippen LogP contribution in [0.15, 0.2) is 23.2 Å². The molecule has 1 fully saturated rings. The van der Waals surface area contributed by atoms with E-state index in [1.807, 2.05) is 13.0 Å². The molecule has 0 saturated carbocycles. The van der Waals surface area contributed by atoms with Crippen LogP contribution in [0, 0.1) is 12.7 Å². The van der Waals surface area contributed by atoms with E-state index in [4.69, 9.17) is 4.74 Å². The third-order valence-electron chi connectivity index (χ3n) is 4.55. The van der Waals surface area contributed by atoms with Crippen LogP contribution in [0.4, 0.5) is 4.39 Å². The maximum Gasteiger partial charge on any atom is 0.191 e. The van der Waals surface area contributed by atoms with Crippen LogP contribution in [0.2, 0.25) is 0 Å². The Morgan fingerprint density at radius 3 is 2.85 bits per heavy atom. The predicted octanol–water partition coefficient (Wildman–Crippen LogP) is 2.92. The molecule has 5 nitrogen and oxygen atoms in total. The van der Waals surface area contributed by atoms with Gasteiger partial charge < -0.3 is 15.4 Å². The van der Waals surface area contributed by atoms with Crippen molar-refractivity contribution < 1.29 is 9.13 Å². The zero-order chi connectivity index (χ0) is 18.2. The summed E-state index contributed by atoms with van der Waals surface area (Å²) in [5.74, 6) is 0.580. The summed E-state index contributed by atoms with van der Waals surface area (Å²) in [4.78, 5) is 7.03. The topological polar surface area (TPSA) is 48.9 Å². The van der Waals surface area contributed by atoms with E-state index < -0.39 is 0 Å². The monoisotopic (exact) mass is 478 g/mol. The molecular weight excluding hydrogens is 446 g/mol. The molecule has 1 aliphatic heterocycles. The molecule has 0 amide bonds. The van der Waals surface area contributed by atoms with Gasteiger partial charge in [0.05, 0.1) is 19.8 Å². The maximum absolute atomic E-state index is 13.7. The minimum absolute atomic E-state index is 0. The van der Waals surface area contributed by atoms with E-state index in [2.05, 4.69) is 34.4 Å². The van der Waals surface area contributed by atoms with Gasteiger partial charge in [-0.05, 0) is 44.9 Å². The average molecular weight is 478 g/mol. The van der Waals surface area contributed by atoms with Crippen LogP contribution in [0.5, 0.6) is 0 Å². The number of aryl methyl sites for hydroxylation is 1. The molecule has 1 aliphatic rings. The molecule has 2 atom stereocenters. The Balaban J connectivity index is 0.00000338. The molecule has 0 aliphatic carbocycles. The van der Waals surface area contributed by atoms with E-state index in [9.17, 15) is 4.39 Å². The van der Waals surface area contributed by atoms with E-state index >= 15 is 0 Å². The second kappa shape index (κ2) is 11.7. The molecule has 0 bridgehead atoms. The van der Waals surface area contributed by atoms with Gasteiger partial charge in [0.25, 0.3) is 0 Å². The summed E-state index contributed by atoms with van der Waals surface area (Å²) in [6.45, 7) is 12.8. The van der Waals surface area contributed by atoms with Crippen molar-refractivity contribution in [3.05, 3.63) is 35.1 Å². The number of nitrogens with zero attached hydrogens (tertiary/aromatic N) is 2. The second-order valence-electron chi connectivity index (χ2n) is 6.67. The Morgan fingerprint density at radius 1 is 1.42 bits per heavy atom. The van der Waals surface area contributed by atoms with Crippen LogP contribution in [-0.4, -0.2) is 55.8 Å². The van der Waals surface area contributed by atoms with E-state index in [-0.39, 0.29) is 29.8 Å². The Labute approximate surface area is 173 Å². The number of halogens is 2. The van der Waals surface area contributed by atoms with Gasteiger partial charge in [-0.25, -0.2) is 9.38 Å². The number of ether oxygens (including phenoxy) is 1. The molecular formula is C19H32FIN4O. The lowest BCUT2D eigenvalue weighted by atomic mass is 10.1. The first-order chi connectivity index (χ1) is 12.0. The number of hydrogen-bond donors (Lipinski definition) is 2. The Morgan fingerprint density at radius 2 is 2.19 bits per heavy atom. The minimum Gasteiger partial charge on any atom is -0.379 e. The first kappa shape index (κ1) is 23.1. The zero-order valence-electron chi connectivity index (χ0n) is 16.2. The normalized spacial score (nSPS) is 19.6. The molecule has 1 heterocycles. The van der Waals surface area contributed by atoms with Gasteiger partial charge in [-0.2, -0.15) is 0 Å². The van der Waals surface area contributed by atoms with Crippen LogP contribution in [0.25, 0.3) is 0 Å². The maximum atomic E-state index is 13.7. The standard InChI is InChI=1S/C19H31FN4O.HI/c1-5-21-19(23-12-17-7-6-14(2)18(20)10-17)22-11-15(3)24-8-9-25-13-16(24)4;/h6-7,10,15-16H,5,8-9,11-13H2,1-4H3,(H2,21,22,23);1H. The molecule has 0 aromatic heterocycles. The number of benzene rings is 1. The highest BCUT2D eigenvalue weighted by atomic mass is 127. The minimum atomic E-state index is -0.180. The fourth-order valence-corrected chi connectivity index (χ4v) is 3.00. The lowest BCUT2D eigenvalue weighted by Crippen LogP contribution is -2.53. The first-order valence-corrected chi connectivity index (χ1v) is 9.12. The van der Waals surface area contributed by atoms with Crippen LogP contribution in [0.3, 0.4) is 0 Å². The van der Waals surface area contributed by atoms with Crippen LogP contribution >= 0.6 is 24.0 Å². The van der Waals surface area contributed by atoms with Gasteiger partial charge in [0, 0.05) is 31.7 Å². The smallest absolute Gasteiger partial charge is 0.191 e. The largest absolute Gasteiger partial charge is 0.379 e. The molecule has 148 valence electrons. The average Bonchev–Trinajstić information content (AvgIpc) is 2.60. The third kappa shape index (κ3) is 7.00. The predicted molar refractivity (Wildman–Crippen MR) is 116 cm³/mol. The number of nitrogens with one attached hydrogen (secondary N) is 2. The van der Waals surface area contributed by atoms with E-state index in [1.54, 1.807) is 19.1 Å². The van der Waals surface area contributed by atoms with Crippen molar-refractivity contribution in [2.45, 2.75) is 46.3 Å². The number of hydrogen-bond acceptors (Lipinski definition) is 3. The van der Waals surface area contributed by atoms with Crippen LogP contribution in [-0.2, 0) is 11.3 Å². The Bertz CT molecular complexity index is 585. The molecule has 0 radical (unpaired) electrons. The lowest BCUT2D eigenvalue weighted by Gasteiger charge is -2.38. The SMILES string of the molecule is CCNC(=NCc1ccc(C)c(F)c1)NCC(C)N1CCOCC1C.I. The molecule has 2 unspecified atom stereocenters. The summed E-state index contributed by atoms with van der Waals surface area (Å²) in [5.41, 5.74) is 1.53. The number of aliphatic imine (C=N–C) groups is 1. The van der Waals surface area contributed by atoms with Crippen molar-refractivity contribution in [3.8, 4) is 0 Å². The zero-order valence-corrected chi connectivity index (χ0v) is 18.5. The highest BCUT2D eigenvalue weighted by molar-refractivity contribution is 14.0.